The summed E-state index contributed by atoms with van der Waals surface area (Å²) in [7, 11) is 0. The molecule has 3 nitrogen and oxygen atoms in total. The fourth-order valence-corrected chi connectivity index (χ4v) is 3.79. The predicted molar refractivity (Wildman–Crippen MR) is 89.2 cm³/mol. The SMILES string of the molecule is O=C(COc1cccc(Cl)c1)NCC1CCCCC1CBr. The number of ether oxygens (including phenoxy) is 1. The minimum absolute atomic E-state index is 0.0338. The van der Waals surface area contributed by atoms with Crippen LogP contribution in [0, 0.1) is 11.8 Å². The highest BCUT2D eigenvalue weighted by Crippen LogP contribution is 2.30. The molecule has 1 aliphatic carbocycles. The summed E-state index contributed by atoms with van der Waals surface area (Å²) >= 11 is 9.45. The third-order valence-electron chi connectivity index (χ3n) is 3.99. The van der Waals surface area contributed by atoms with Gasteiger partial charge < -0.3 is 10.1 Å². The average Bonchev–Trinajstić information content (AvgIpc) is 2.51. The van der Waals surface area contributed by atoms with Gasteiger partial charge in [-0.25, -0.2) is 0 Å². The van der Waals surface area contributed by atoms with Crippen molar-refractivity contribution < 1.29 is 9.53 Å². The first kappa shape index (κ1) is 16.6. The quantitative estimate of drug-likeness (QED) is 0.763. The minimum atomic E-state index is -0.0751. The van der Waals surface area contributed by atoms with Gasteiger partial charge in [0.2, 0.25) is 0 Å². The van der Waals surface area contributed by atoms with E-state index in [0.29, 0.717) is 22.6 Å². The van der Waals surface area contributed by atoms with Crippen LogP contribution in [0.5, 0.6) is 5.75 Å². The van der Waals surface area contributed by atoms with Gasteiger partial charge in [-0.3, -0.25) is 4.79 Å². The molecule has 1 aromatic rings. The van der Waals surface area contributed by atoms with Crippen molar-refractivity contribution in [2.24, 2.45) is 11.8 Å². The van der Waals surface area contributed by atoms with Crippen molar-refractivity contribution in [2.45, 2.75) is 25.7 Å². The number of rotatable bonds is 6. The van der Waals surface area contributed by atoms with Gasteiger partial charge >= 0.3 is 0 Å². The molecular formula is C16H21BrClNO2. The number of alkyl halides is 1. The lowest BCUT2D eigenvalue weighted by molar-refractivity contribution is -0.123. The fourth-order valence-electron chi connectivity index (χ4n) is 2.76. The van der Waals surface area contributed by atoms with Crippen LogP contribution in [0.2, 0.25) is 5.02 Å². The van der Waals surface area contributed by atoms with Gasteiger partial charge in [0.25, 0.3) is 5.91 Å². The van der Waals surface area contributed by atoms with Crippen molar-refractivity contribution >= 4 is 33.4 Å². The summed E-state index contributed by atoms with van der Waals surface area (Å²) < 4.78 is 5.44. The number of nitrogens with one attached hydrogen (secondary N) is 1. The molecule has 1 aliphatic rings. The van der Waals surface area contributed by atoms with Gasteiger partial charge in [0, 0.05) is 16.9 Å². The maximum atomic E-state index is 11.9. The summed E-state index contributed by atoms with van der Waals surface area (Å²) in [6, 6.07) is 7.08. The Morgan fingerprint density at radius 2 is 2.10 bits per heavy atom. The van der Waals surface area contributed by atoms with Crippen LogP contribution in [-0.2, 0) is 4.79 Å². The molecular weight excluding hydrogens is 354 g/mol. The molecule has 1 saturated carbocycles. The van der Waals surface area contributed by atoms with Crippen LogP contribution in [0.4, 0.5) is 0 Å². The molecule has 1 N–H and O–H groups in total. The predicted octanol–water partition coefficient (Wildman–Crippen LogP) is 4.04. The molecule has 0 bridgehead atoms. The maximum absolute atomic E-state index is 11.9. The summed E-state index contributed by atoms with van der Waals surface area (Å²) in [5, 5.41) is 4.61. The third-order valence-corrected chi connectivity index (χ3v) is 5.06. The zero-order valence-corrected chi connectivity index (χ0v) is 14.3. The molecule has 0 aliphatic heterocycles. The zero-order chi connectivity index (χ0) is 15.1. The van der Waals surface area contributed by atoms with Crippen molar-refractivity contribution in [3.63, 3.8) is 0 Å². The van der Waals surface area contributed by atoms with E-state index in [2.05, 4.69) is 21.2 Å². The van der Waals surface area contributed by atoms with E-state index in [-0.39, 0.29) is 12.5 Å². The molecule has 116 valence electrons. The minimum Gasteiger partial charge on any atom is -0.484 e. The topological polar surface area (TPSA) is 38.3 Å². The summed E-state index contributed by atoms with van der Waals surface area (Å²) in [6.07, 6.45) is 5.03. The molecule has 5 heteroatoms. The van der Waals surface area contributed by atoms with Crippen molar-refractivity contribution in [3.05, 3.63) is 29.3 Å². The highest BCUT2D eigenvalue weighted by Gasteiger charge is 2.24. The van der Waals surface area contributed by atoms with Crippen molar-refractivity contribution in [2.75, 3.05) is 18.5 Å². The summed E-state index contributed by atoms with van der Waals surface area (Å²) in [6.45, 7) is 0.778. The Bertz CT molecular complexity index is 469. The molecule has 2 unspecified atom stereocenters. The van der Waals surface area contributed by atoms with E-state index in [0.717, 1.165) is 11.9 Å². The van der Waals surface area contributed by atoms with E-state index in [9.17, 15) is 4.79 Å². The lowest BCUT2D eigenvalue weighted by atomic mass is 9.80. The number of hydrogen-bond donors (Lipinski definition) is 1. The molecule has 1 amide bonds. The smallest absolute Gasteiger partial charge is 0.257 e. The first-order chi connectivity index (χ1) is 10.2. The number of carbonyl (C=O) groups is 1. The Morgan fingerprint density at radius 3 is 2.81 bits per heavy atom. The monoisotopic (exact) mass is 373 g/mol. The van der Waals surface area contributed by atoms with Crippen molar-refractivity contribution in [3.8, 4) is 5.75 Å². The van der Waals surface area contributed by atoms with Crippen LogP contribution in [0.1, 0.15) is 25.7 Å². The van der Waals surface area contributed by atoms with Crippen LogP contribution in [0.15, 0.2) is 24.3 Å². The van der Waals surface area contributed by atoms with Gasteiger partial charge in [0.1, 0.15) is 5.75 Å². The largest absolute Gasteiger partial charge is 0.484 e. The van der Waals surface area contributed by atoms with E-state index in [1.807, 2.05) is 0 Å². The molecule has 2 rings (SSSR count). The van der Waals surface area contributed by atoms with Crippen LogP contribution in [-0.4, -0.2) is 24.4 Å². The van der Waals surface area contributed by atoms with E-state index < -0.39 is 0 Å². The van der Waals surface area contributed by atoms with Gasteiger partial charge in [0.15, 0.2) is 6.61 Å². The number of hydrogen-bond acceptors (Lipinski definition) is 2. The molecule has 0 radical (unpaired) electrons. The first-order valence-electron chi connectivity index (χ1n) is 7.40. The van der Waals surface area contributed by atoms with Crippen LogP contribution in [0.25, 0.3) is 0 Å². The molecule has 0 aromatic heterocycles. The molecule has 1 aromatic carbocycles. The summed E-state index contributed by atoms with van der Waals surface area (Å²) in [4.78, 5) is 11.9. The van der Waals surface area contributed by atoms with Crippen LogP contribution < -0.4 is 10.1 Å². The molecule has 0 spiro atoms. The molecule has 2 atom stereocenters. The standard InChI is InChI=1S/C16H21BrClNO2/c17-9-12-4-1-2-5-13(12)10-19-16(20)11-21-15-7-3-6-14(18)8-15/h3,6-8,12-13H,1-2,4-5,9-11H2,(H,19,20). The van der Waals surface area contributed by atoms with Gasteiger partial charge in [-0.2, -0.15) is 0 Å². The molecule has 0 heterocycles. The average molecular weight is 375 g/mol. The summed E-state index contributed by atoms with van der Waals surface area (Å²) in [5.41, 5.74) is 0. The summed E-state index contributed by atoms with van der Waals surface area (Å²) in [5.74, 6) is 1.80. The maximum Gasteiger partial charge on any atom is 0.257 e. The van der Waals surface area contributed by atoms with E-state index in [1.165, 1.54) is 25.7 Å². The Morgan fingerprint density at radius 1 is 1.33 bits per heavy atom. The van der Waals surface area contributed by atoms with E-state index in [1.54, 1.807) is 24.3 Å². The number of amides is 1. The highest BCUT2D eigenvalue weighted by atomic mass is 79.9. The normalized spacial score (nSPS) is 21.8. The van der Waals surface area contributed by atoms with Gasteiger partial charge in [-0.1, -0.05) is 46.4 Å². The Labute approximate surface area is 139 Å². The number of halogens is 2. The lowest BCUT2D eigenvalue weighted by Crippen LogP contribution is -2.37. The molecule has 0 saturated heterocycles. The second-order valence-electron chi connectivity index (χ2n) is 5.51. The van der Waals surface area contributed by atoms with Crippen LogP contribution in [0.3, 0.4) is 0 Å². The molecule has 1 fully saturated rings. The fraction of sp³-hybridized carbons (Fsp3) is 0.562. The van der Waals surface area contributed by atoms with Crippen LogP contribution >= 0.6 is 27.5 Å². The number of carbonyl (C=O) groups excluding carboxylic acids is 1. The third kappa shape index (κ3) is 5.51. The van der Waals surface area contributed by atoms with E-state index in [4.69, 9.17) is 16.3 Å². The Balaban J connectivity index is 1.72. The van der Waals surface area contributed by atoms with Crippen molar-refractivity contribution in [1.29, 1.82) is 0 Å². The van der Waals surface area contributed by atoms with Crippen molar-refractivity contribution in [1.82, 2.24) is 5.32 Å². The zero-order valence-electron chi connectivity index (χ0n) is 12.0. The Hall–Kier alpha value is -0.740. The second kappa shape index (κ2) is 8.64. The second-order valence-corrected chi connectivity index (χ2v) is 6.59. The number of benzene rings is 1. The lowest BCUT2D eigenvalue weighted by Gasteiger charge is -2.30. The Kier molecular flexibility index (Phi) is 6.84. The van der Waals surface area contributed by atoms with E-state index >= 15 is 0 Å². The van der Waals surface area contributed by atoms with Gasteiger partial charge in [-0.15, -0.1) is 0 Å². The first-order valence-corrected chi connectivity index (χ1v) is 8.90. The van der Waals surface area contributed by atoms with Gasteiger partial charge in [0.05, 0.1) is 0 Å². The molecule has 21 heavy (non-hydrogen) atoms. The highest BCUT2D eigenvalue weighted by molar-refractivity contribution is 9.09. The van der Waals surface area contributed by atoms with Gasteiger partial charge in [-0.05, 0) is 42.9 Å².